The van der Waals surface area contributed by atoms with Gasteiger partial charge in [-0.3, -0.25) is 9.59 Å². The van der Waals surface area contributed by atoms with Crippen molar-refractivity contribution in [2.24, 2.45) is 0 Å². The van der Waals surface area contributed by atoms with Crippen molar-refractivity contribution < 1.29 is 28.6 Å². The summed E-state index contributed by atoms with van der Waals surface area (Å²) in [5, 5.41) is 2.60. The Bertz CT molecular complexity index is 911. The van der Waals surface area contributed by atoms with Crippen molar-refractivity contribution in [3.8, 4) is 11.5 Å². The molecule has 0 spiro atoms. The number of hydrogen-bond donors (Lipinski definition) is 1. The van der Waals surface area contributed by atoms with Crippen LogP contribution in [0.25, 0.3) is 0 Å². The van der Waals surface area contributed by atoms with Crippen LogP contribution < -0.4 is 14.8 Å². The van der Waals surface area contributed by atoms with Gasteiger partial charge in [-0.1, -0.05) is 18.2 Å². The van der Waals surface area contributed by atoms with Crippen LogP contribution in [0, 0.1) is 0 Å². The first-order chi connectivity index (χ1) is 15.2. The molecular formula is C23H30Cl2N2O6. The highest BCUT2D eigenvalue weighted by Gasteiger charge is 2.54. The van der Waals surface area contributed by atoms with E-state index in [0.717, 1.165) is 4.90 Å². The number of amides is 2. The van der Waals surface area contributed by atoms with Gasteiger partial charge in [0.15, 0.2) is 11.6 Å². The van der Waals surface area contributed by atoms with Gasteiger partial charge in [0.25, 0.3) is 11.8 Å². The zero-order chi connectivity index (χ0) is 25.1. The highest BCUT2D eigenvalue weighted by molar-refractivity contribution is 6.27. The van der Waals surface area contributed by atoms with Crippen molar-refractivity contribution in [2.75, 3.05) is 13.0 Å². The largest absolute Gasteiger partial charge is 0.497 e. The number of likely N-dealkylation sites (tertiary alicyclic amines) is 1. The summed E-state index contributed by atoms with van der Waals surface area (Å²) in [7, 11) is 1.55. The maximum Gasteiger partial charge on any atom is 0.333 e. The standard InChI is InChI=1S/C23H30Cl2N2O6/c1-13(12-24)17(20(29)33-22(2,3)4)27-18(25)16(19(27)28)26-21(30)23(5,6)32-15-10-8-14(31-7)9-11-15/h8-11,16-18H,1,12H2,2-7H3,(H,26,30). The quantitative estimate of drug-likeness (QED) is 0.184. The van der Waals surface area contributed by atoms with E-state index < -0.39 is 46.6 Å². The summed E-state index contributed by atoms with van der Waals surface area (Å²) in [6.45, 7) is 12.0. The summed E-state index contributed by atoms with van der Waals surface area (Å²) in [6.07, 6.45) is 0. The monoisotopic (exact) mass is 500 g/mol. The first kappa shape index (κ1) is 26.8. The molecule has 33 heavy (non-hydrogen) atoms. The van der Waals surface area contributed by atoms with Gasteiger partial charge in [-0.25, -0.2) is 4.79 Å². The van der Waals surface area contributed by atoms with E-state index in [2.05, 4.69) is 11.9 Å². The molecule has 0 radical (unpaired) electrons. The lowest BCUT2D eigenvalue weighted by Crippen LogP contribution is -2.73. The van der Waals surface area contributed by atoms with Crippen molar-refractivity contribution in [2.45, 2.75) is 63.4 Å². The number of methoxy groups -OCH3 is 1. The Kier molecular flexibility index (Phi) is 8.30. The van der Waals surface area contributed by atoms with Gasteiger partial charge >= 0.3 is 5.97 Å². The highest BCUT2D eigenvalue weighted by atomic mass is 35.5. The molecule has 1 aliphatic rings. The number of carbonyl (C=O) groups is 3. The topological polar surface area (TPSA) is 94.2 Å². The predicted octanol–water partition coefficient (Wildman–Crippen LogP) is 3.25. The zero-order valence-electron chi connectivity index (χ0n) is 19.6. The summed E-state index contributed by atoms with van der Waals surface area (Å²) in [6, 6.07) is 4.52. The number of β-lactam (4-membered cyclic amide) rings is 1. The minimum atomic E-state index is -1.31. The lowest BCUT2D eigenvalue weighted by atomic mass is 9.98. The maximum atomic E-state index is 12.9. The van der Waals surface area contributed by atoms with Crippen molar-refractivity contribution in [1.29, 1.82) is 0 Å². The molecule has 1 aromatic carbocycles. The van der Waals surface area contributed by atoms with Gasteiger partial charge in [-0.15, -0.1) is 11.6 Å². The van der Waals surface area contributed by atoms with Crippen LogP contribution >= 0.6 is 23.2 Å². The minimum Gasteiger partial charge on any atom is -0.497 e. The van der Waals surface area contributed by atoms with Gasteiger partial charge in [-0.2, -0.15) is 0 Å². The molecule has 8 nitrogen and oxygen atoms in total. The van der Waals surface area contributed by atoms with E-state index in [1.165, 1.54) is 0 Å². The molecule has 1 saturated heterocycles. The molecule has 182 valence electrons. The summed E-state index contributed by atoms with van der Waals surface area (Å²) in [5.74, 6) is -0.772. The molecule has 1 aliphatic heterocycles. The molecule has 0 aliphatic carbocycles. The number of nitrogens with one attached hydrogen (secondary N) is 1. The third kappa shape index (κ3) is 6.32. The first-order valence-electron chi connectivity index (χ1n) is 10.3. The number of hydrogen-bond acceptors (Lipinski definition) is 6. The second-order valence-electron chi connectivity index (χ2n) is 9.09. The molecule has 3 atom stereocenters. The van der Waals surface area contributed by atoms with E-state index >= 15 is 0 Å². The van der Waals surface area contributed by atoms with Crippen LogP contribution in [-0.2, 0) is 19.1 Å². The number of nitrogens with zero attached hydrogens (tertiary/aromatic N) is 1. The van der Waals surface area contributed by atoms with Gasteiger partial charge in [0.1, 0.15) is 28.6 Å². The van der Waals surface area contributed by atoms with E-state index in [4.69, 9.17) is 37.4 Å². The number of ether oxygens (including phenoxy) is 3. The molecule has 1 aromatic rings. The molecule has 1 N–H and O–H groups in total. The van der Waals surface area contributed by atoms with Crippen LogP contribution in [0.1, 0.15) is 34.6 Å². The normalized spacial score (nSPS) is 19.3. The number of benzene rings is 1. The molecule has 2 amide bonds. The van der Waals surface area contributed by atoms with Gasteiger partial charge in [0.2, 0.25) is 0 Å². The fourth-order valence-corrected chi connectivity index (χ4v) is 3.61. The number of alkyl halides is 2. The highest BCUT2D eigenvalue weighted by Crippen LogP contribution is 2.31. The van der Waals surface area contributed by atoms with Crippen LogP contribution in [0.5, 0.6) is 11.5 Å². The first-order valence-corrected chi connectivity index (χ1v) is 11.3. The summed E-state index contributed by atoms with van der Waals surface area (Å²) < 4.78 is 16.3. The van der Waals surface area contributed by atoms with E-state index in [-0.39, 0.29) is 11.5 Å². The van der Waals surface area contributed by atoms with Gasteiger partial charge in [-0.05, 0) is 64.5 Å². The zero-order valence-corrected chi connectivity index (χ0v) is 21.1. The second-order valence-corrected chi connectivity index (χ2v) is 9.80. The van der Waals surface area contributed by atoms with Crippen molar-refractivity contribution >= 4 is 41.0 Å². The molecule has 0 saturated carbocycles. The van der Waals surface area contributed by atoms with Crippen molar-refractivity contribution in [3.63, 3.8) is 0 Å². The maximum absolute atomic E-state index is 12.9. The van der Waals surface area contributed by atoms with Gasteiger partial charge < -0.3 is 24.4 Å². The Labute approximate surface area is 204 Å². The average Bonchev–Trinajstić information content (AvgIpc) is 2.73. The van der Waals surface area contributed by atoms with Crippen LogP contribution in [0.3, 0.4) is 0 Å². The fraction of sp³-hybridized carbons (Fsp3) is 0.522. The predicted molar refractivity (Wildman–Crippen MR) is 126 cm³/mol. The fourth-order valence-electron chi connectivity index (χ4n) is 3.09. The molecular weight excluding hydrogens is 471 g/mol. The Morgan fingerprint density at radius 3 is 2.15 bits per heavy atom. The Morgan fingerprint density at radius 2 is 1.70 bits per heavy atom. The lowest BCUT2D eigenvalue weighted by molar-refractivity contribution is -0.170. The minimum absolute atomic E-state index is 0.0724. The van der Waals surface area contributed by atoms with E-state index in [1.54, 1.807) is 66.0 Å². The average molecular weight is 501 g/mol. The molecule has 10 heteroatoms. The Balaban J connectivity index is 2.10. The third-order valence-corrected chi connectivity index (χ3v) is 5.60. The van der Waals surface area contributed by atoms with Crippen LogP contribution in [0.15, 0.2) is 36.4 Å². The second kappa shape index (κ2) is 10.2. The molecule has 2 rings (SSSR count). The van der Waals surface area contributed by atoms with Gasteiger partial charge in [0.05, 0.1) is 7.11 Å². The summed E-state index contributed by atoms with van der Waals surface area (Å²) >= 11 is 12.3. The summed E-state index contributed by atoms with van der Waals surface area (Å²) in [4.78, 5) is 39.6. The van der Waals surface area contributed by atoms with E-state index in [9.17, 15) is 14.4 Å². The Morgan fingerprint density at radius 1 is 1.15 bits per heavy atom. The third-order valence-electron chi connectivity index (χ3n) is 4.79. The molecule has 0 aromatic heterocycles. The number of carbonyl (C=O) groups excluding carboxylic acids is 3. The van der Waals surface area contributed by atoms with Crippen LogP contribution in [0.2, 0.25) is 0 Å². The summed E-state index contributed by atoms with van der Waals surface area (Å²) in [5.41, 5.74) is -2.84. The Hall–Kier alpha value is -2.45. The molecule has 1 fully saturated rings. The van der Waals surface area contributed by atoms with Gasteiger partial charge in [0, 0.05) is 5.88 Å². The number of halogens is 2. The smallest absolute Gasteiger partial charge is 0.333 e. The molecule has 1 heterocycles. The number of rotatable bonds is 9. The van der Waals surface area contributed by atoms with Crippen molar-refractivity contribution in [3.05, 3.63) is 36.4 Å². The number of esters is 1. The molecule has 0 bridgehead atoms. The lowest BCUT2D eigenvalue weighted by Gasteiger charge is -2.48. The van der Waals surface area contributed by atoms with E-state index in [0.29, 0.717) is 11.5 Å². The van der Waals surface area contributed by atoms with Crippen molar-refractivity contribution in [1.82, 2.24) is 10.2 Å². The molecule has 3 unspecified atom stereocenters. The van der Waals surface area contributed by atoms with Crippen LogP contribution in [-0.4, -0.2) is 64.5 Å². The van der Waals surface area contributed by atoms with E-state index in [1.807, 2.05) is 0 Å². The SMILES string of the molecule is C=C(CCl)C(C(=O)OC(C)(C)C)N1C(=O)C(NC(=O)C(C)(C)Oc2ccc(OC)cc2)C1Cl. The van der Waals surface area contributed by atoms with Crippen LogP contribution in [0.4, 0.5) is 0 Å².